The lowest BCUT2D eigenvalue weighted by molar-refractivity contribution is -0.102. The van der Waals surface area contributed by atoms with Crippen LogP contribution in [-0.2, 0) is 41.9 Å². The highest BCUT2D eigenvalue weighted by Crippen LogP contribution is 2.39. The van der Waals surface area contributed by atoms with Gasteiger partial charge in [0.1, 0.15) is 11.5 Å². The molecule has 0 radical (unpaired) electrons. The maximum absolute atomic E-state index is 11.0. The Bertz CT molecular complexity index is 1770. The van der Waals surface area contributed by atoms with E-state index in [9.17, 15) is 10.2 Å². The van der Waals surface area contributed by atoms with E-state index in [-0.39, 0.29) is 28.1 Å². The fourth-order valence-corrected chi connectivity index (χ4v) is 6.72. The Labute approximate surface area is 302 Å². The zero-order valence-electron chi connectivity index (χ0n) is 33.0. The number of benzene rings is 4. The highest BCUT2D eigenvalue weighted by atomic mass is 17.2. The Morgan fingerprint density at radius 1 is 0.460 bits per heavy atom. The van der Waals surface area contributed by atoms with Crippen LogP contribution in [0, 0.1) is 0 Å². The summed E-state index contributed by atoms with van der Waals surface area (Å²) in [6.45, 7) is 28.3. The van der Waals surface area contributed by atoms with Crippen molar-refractivity contribution in [2.24, 2.45) is 0 Å². The van der Waals surface area contributed by atoms with Crippen LogP contribution >= 0.6 is 0 Å². The number of phenolic OH excluding ortho intramolecular Hbond substituents is 2. The van der Waals surface area contributed by atoms with Gasteiger partial charge in [0.05, 0.1) is 0 Å². The van der Waals surface area contributed by atoms with E-state index in [2.05, 4.69) is 139 Å². The molecule has 0 saturated carbocycles. The Hall–Kier alpha value is -3.92. The first-order valence-electron chi connectivity index (χ1n) is 18.4. The van der Waals surface area contributed by atoms with Gasteiger partial charge in [-0.25, -0.2) is 0 Å². The molecule has 0 bridgehead atoms. The van der Waals surface area contributed by atoms with Gasteiger partial charge in [-0.15, -0.1) is 0 Å². The second-order valence-electron chi connectivity index (χ2n) is 17.8. The molecule has 0 spiro atoms. The molecule has 4 aromatic carbocycles. The minimum atomic E-state index is -0.148. The lowest BCUT2D eigenvalue weighted by Crippen LogP contribution is -2.19. The minimum Gasteiger partial charge on any atom is -0.508 e. The van der Waals surface area contributed by atoms with Crippen molar-refractivity contribution in [3.8, 4) is 23.0 Å². The largest absolute Gasteiger partial charge is 0.508 e. The van der Waals surface area contributed by atoms with Gasteiger partial charge in [0.25, 0.3) is 0 Å². The topological polar surface area (TPSA) is 58.9 Å². The molecule has 0 fully saturated rings. The molecule has 0 atom stereocenters. The van der Waals surface area contributed by atoms with E-state index in [1.54, 1.807) is 0 Å². The van der Waals surface area contributed by atoms with Gasteiger partial charge in [0.15, 0.2) is 11.5 Å². The zero-order chi connectivity index (χ0) is 37.2. The molecule has 4 nitrogen and oxygen atoms in total. The summed E-state index contributed by atoms with van der Waals surface area (Å²) in [7, 11) is 0. The number of rotatable bonds is 11. The monoisotopic (exact) mass is 678 g/mol. The molecule has 50 heavy (non-hydrogen) atoms. The average Bonchev–Trinajstić information content (AvgIpc) is 2.99. The molecule has 0 aliphatic rings. The van der Waals surface area contributed by atoms with Crippen molar-refractivity contribution in [2.75, 3.05) is 0 Å². The zero-order valence-corrected chi connectivity index (χ0v) is 33.0. The van der Waals surface area contributed by atoms with Crippen molar-refractivity contribution >= 4 is 0 Å². The van der Waals surface area contributed by atoms with Crippen molar-refractivity contribution in [2.45, 2.75) is 144 Å². The van der Waals surface area contributed by atoms with E-state index in [1.807, 2.05) is 18.2 Å². The van der Waals surface area contributed by atoms with Crippen LogP contribution in [0.4, 0.5) is 0 Å². The number of phenols is 2. The third-order valence-corrected chi connectivity index (χ3v) is 9.72. The lowest BCUT2D eigenvalue weighted by Gasteiger charge is -2.28. The van der Waals surface area contributed by atoms with E-state index in [1.165, 1.54) is 11.1 Å². The van der Waals surface area contributed by atoms with Gasteiger partial charge in [-0.1, -0.05) is 132 Å². The predicted molar refractivity (Wildman–Crippen MR) is 209 cm³/mol. The minimum absolute atomic E-state index is 0.0515. The molecule has 0 unspecified atom stereocenters. The van der Waals surface area contributed by atoms with Crippen LogP contribution in [0.3, 0.4) is 0 Å². The molecule has 4 aromatic rings. The Balaban J connectivity index is 1.58. The van der Waals surface area contributed by atoms with E-state index in [0.717, 1.165) is 76.1 Å². The highest BCUT2D eigenvalue weighted by molar-refractivity contribution is 5.49. The maximum atomic E-state index is 11.0. The summed E-state index contributed by atoms with van der Waals surface area (Å²) in [5.41, 5.74) is 9.66. The van der Waals surface area contributed by atoms with Crippen LogP contribution in [0.5, 0.6) is 23.0 Å². The molecule has 0 aromatic heterocycles. The third-order valence-electron chi connectivity index (χ3n) is 9.72. The van der Waals surface area contributed by atoms with Crippen LogP contribution in [-0.4, -0.2) is 10.2 Å². The van der Waals surface area contributed by atoms with E-state index in [4.69, 9.17) is 9.78 Å². The Kier molecular flexibility index (Phi) is 11.8. The molecule has 4 rings (SSSR count). The Morgan fingerprint density at radius 2 is 0.920 bits per heavy atom. The molecular formula is C46H62O4. The third kappa shape index (κ3) is 9.65. The summed E-state index contributed by atoms with van der Waals surface area (Å²) in [5.74, 6) is 2.73. The fraction of sp³-hybridized carbons (Fsp3) is 0.478. The van der Waals surface area contributed by atoms with Crippen LogP contribution in [0.25, 0.3) is 0 Å². The summed E-state index contributed by atoms with van der Waals surface area (Å²) in [6, 6.07) is 23.1. The van der Waals surface area contributed by atoms with Gasteiger partial charge in [0, 0.05) is 11.1 Å². The molecule has 270 valence electrons. The molecule has 0 aliphatic carbocycles. The quantitative estimate of drug-likeness (QED) is 0.122. The first kappa shape index (κ1) is 38.9. The standard InChI is InChI=1S/C46H62O4/c1-29(2)35-21-17-31(24-40(35)47)14-15-32-18-22-36(30(3)4)42(25-32)49-50-43-26-33(19-23-37(43)44(5,6)7)16-20-34-27-41(48)39(46(11,12)13)28-38(34)45(8,9)10/h17-19,21-30,47-48H,14-16,20H2,1-13H3. The van der Waals surface area contributed by atoms with E-state index < -0.39 is 0 Å². The summed E-state index contributed by atoms with van der Waals surface area (Å²) >= 11 is 0. The fourth-order valence-electron chi connectivity index (χ4n) is 6.72. The summed E-state index contributed by atoms with van der Waals surface area (Å²) < 4.78 is 0. The number of hydrogen-bond donors (Lipinski definition) is 2. The van der Waals surface area contributed by atoms with E-state index in [0.29, 0.717) is 11.5 Å². The summed E-state index contributed by atoms with van der Waals surface area (Å²) in [6.07, 6.45) is 3.24. The normalized spacial score (nSPS) is 12.5. The van der Waals surface area contributed by atoms with Crippen LogP contribution in [0.2, 0.25) is 0 Å². The van der Waals surface area contributed by atoms with Gasteiger partial charge in [0.2, 0.25) is 0 Å². The van der Waals surface area contributed by atoms with Crippen molar-refractivity contribution in [1.29, 1.82) is 0 Å². The highest BCUT2D eigenvalue weighted by Gasteiger charge is 2.26. The van der Waals surface area contributed by atoms with Gasteiger partial charge in [-0.3, -0.25) is 9.78 Å². The molecule has 0 heterocycles. The van der Waals surface area contributed by atoms with E-state index >= 15 is 0 Å². The number of hydrogen-bond acceptors (Lipinski definition) is 4. The average molecular weight is 679 g/mol. The molecule has 4 heteroatoms. The first-order valence-corrected chi connectivity index (χ1v) is 18.4. The first-order chi connectivity index (χ1) is 23.1. The van der Waals surface area contributed by atoms with Crippen LogP contribution in [0.1, 0.15) is 152 Å². The van der Waals surface area contributed by atoms with Gasteiger partial charge in [-0.05, 0) is 117 Å². The van der Waals surface area contributed by atoms with Gasteiger partial charge < -0.3 is 10.2 Å². The summed E-state index contributed by atoms with van der Waals surface area (Å²) in [4.78, 5) is 12.5. The Morgan fingerprint density at radius 3 is 1.44 bits per heavy atom. The van der Waals surface area contributed by atoms with Gasteiger partial charge in [-0.2, -0.15) is 0 Å². The lowest BCUT2D eigenvalue weighted by atomic mass is 9.77. The van der Waals surface area contributed by atoms with Crippen molar-refractivity contribution in [3.05, 3.63) is 117 Å². The second kappa shape index (κ2) is 15.1. The summed E-state index contributed by atoms with van der Waals surface area (Å²) in [5, 5.41) is 21.5. The SMILES string of the molecule is CC(C)c1ccc(CCc2ccc(C(C)C)c(OOc3cc(CCc4cc(O)c(C(C)(C)C)cc4C(C)(C)C)ccc3C(C)(C)C)c2)cc1O. The van der Waals surface area contributed by atoms with Crippen molar-refractivity contribution in [3.63, 3.8) is 0 Å². The second-order valence-corrected chi connectivity index (χ2v) is 17.8. The molecule has 2 N–H and O–H groups in total. The molecule has 0 aliphatic heterocycles. The molecular weight excluding hydrogens is 617 g/mol. The van der Waals surface area contributed by atoms with Crippen molar-refractivity contribution < 1.29 is 20.0 Å². The number of aromatic hydroxyl groups is 2. The molecule has 0 amide bonds. The van der Waals surface area contributed by atoms with Crippen LogP contribution in [0.15, 0.2) is 66.7 Å². The molecule has 0 saturated heterocycles. The van der Waals surface area contributed by atoms with Gasteiger partial charge >= 0.3 is 0 Å². The van der Waals surface area contributed by atoms with Crippen molar-refractivity contribution in [1.82, 2.24) is 0 Å². The predicted octanol–water partition coefficient (Wildman–Crippen LogP) is 12.2. The maximum Gasteiger partial charge on any atom is 0.182 e. The number of aryl methyl sites for hydroxylation is 4. The smallest absolute Gasteiger partial charge is 0.182 e. The van der Waals surface area contributed by atoms with Crippen LogP contribution < -0.4 is 9.78 Å².